The van der Waals surface area contributed by atoms with Gasteiger partial charge in [-0.1, -0.05) is 12.1 Å². The molecule has 2 N–H and O–H groups in total. The molecule has 0 saturated carbocycles. The minimum Gasteiger partial charge on any atom is -0.399 e. The first-order valence-electron chi connectivity index (χ1n) is 7.45. The molecule has 0 aliphatic heterocycles. The zero-order chi connectivity index (χ0) is 16.0. The quantitative estimate of drug-likeness (QED) is 0.578. The maximum absolute atomic E-state index is 5.89. The second kappa shape index (κ2) is 4.98. The molecule has 3 heterocycles. The zero-order valence-electron chi connectivity index (χ0n) is 13.1. The first-order valence-corrected chi connectivity index (χ1v) is 7.45. The van der Waals surface area contributed by atoms with Crippen molar-refractivity contribution in [2.75, 3.05) is 5.73 Å². The molecule has 0 aliphatic rings. The minimum atomic E-state index is 0.748. The molecule has 23 heavy (non-hydrogen) atoms. The predicted molar refractivity (Wildman–Crippen MR) is 92.0 cm³/mol. The fraction of sp³-hybridized carbons (Fsp3) is 0.111. The first-order chi connectivity index (χ1) is 11.1. The molecule has 4 aromatic rings. The van der Waals surface area contributed by atoms with Gasteiger partial charge in [0.05, 0.1) is 11.9 Å². The summed E-state index contributed by atoms with van der Waals surface area (Å²) in [6.45, 7) is 2.04. The van der Waals surface area contributed by atoms with Gasteiger partial charge in [-0.15, -0.1) is 0 Å². The van der Waals surface area contributed by atoms with Gasteiger partial charge in [-0.05, 0) is 31.2 Å². The van der Waals surface area contributed by atoms with Crippen LogP contribution >= 0.6 is 0 Å². The number of nitrogens with two attached hydrogens (primary N) is 1. The molecule has 114 valence electrons. The van der Waals surface area contributed by atoms with Gasteiger partial charge in [-0.3, -0.25) is 4.40 Å². The molecule has 5 heteroatoms. The van der Waals surface area contributed by atoms with Crippen molar-refractivity contribution in [3.8, 4) is 22.6 Å². The molecule has 0 unspecified atom stereocenters. The molecule has 1 aromatic carbocycles. The summed E-state index contributed by atoms with van der Waals surface area (Å²) in [7, 11) is 2.02. The fourth-order valence-corrected chi connectivity index (χ4v) is 2.79. The molecule has 3 aromatic heterocycles. The predicted octanol–water partition coefficient (Wildman–Crippen LogP) is 3.29. The van der Waals surface area contributed by atoms with Crippen molar-refractivity contribution in [2.24, 2.45) is 7.05 Å². The third kappa shape index (κ3) is 2.17. The van der Waals surface area contributed by atoms with Gasteiger partial charge in [0, 0.05) is 41.9 Å². The van der Waals surface area contributed by atoms with E-state index in [9.17, 15) is 0 Å². The summed E-state index contributed by atoms with van der Waals surface area (Å²) in [6.07, 6.45) is 5.78. The maximum Gasteiger partial charge on any atom is 0.140 e. The maximum atomic E-state index is 5.89. The highest BCUT2D eigenvalue weighted by Gasteiger charge is 2.10. The van der Waals surface area contributed by atoms with Crippen molar-refractivity contribution in [3.05, 3.63) is 60.7 Å². The van der Waals surface area contributed by atoms with Gasteiger partial charge in [0.15, 0.2) is 0 Å². The molecule has 5 nitrogen and oxygen atoms in total. The van der Waals surface area contributed by atoms with Crippen molar-refractivity contribution in [1.82, 2.24) is 18.9 Å². The monoisotopic (exact) mass is 303 g/mol. The number of pyridine rings is 1. The van der Waals surface area contributed by atoms with Gasteiger partial charge in [0.1, 0.15) is 11.5 Å². The number of rotatable bonds is 2. The Hall–Kier alpha value is -3.08. The van der Waals surface area contributed by atoms with Crippen molar-refractivity contribution in [1.29, 1.82) is 0 Å². The number of nitrogens with zero attached hydrogens (tertiary/aromatic N) is 4. The Morgan fingerprint density at radius 1 is 1.00 bits per heavy atom. The molecule has 4 rings (SSSR count). The van der Waals surface area contributed by atoms with E-state index in [-0.39, 0.29) is 0 Å². The number of aryl methyl sites for hydroxylation is 1. The van der Waals surface area contributed by atoms with Crippen LogP contribution in [0.2, 0.25) is 0 Å². The third-order valence-electron chi connectivity index (χ3n) is 4.17. The second-order valence-electron chi connectivity index (χ2n) is 5.69. The Balaban J connectivity index is 1.85. The van der Waals surface area contributed by atoms with E-state index in [1.54, 1.807) is 0 Å². The van der Waals surface area contributed by atoms with E-state index in [1.807, 2.05) is 56.8 Å². The Bertz CT molecular complexity index is 1010. The average Bonchev–Trinajstić information content (AvgIpc) is 3.11. The molecule has 0 atom stereocenters. The van der Waals surface area contributed by atoms with Gasteiger partial charge in [0.2, 0.25) is 0 Å². The lowest BCUT2D eigenvalue weighted by Gasteiger charge is -2.06. The van der Waals surface area contributed by atoms with E-state index in [4.69, 9.17) is 5.73 Å². The summed E-state index contributed by atoms with van der Waals surface area (Å²) in [5, 5.41) is 0. The van der Waals surface area contributed by atoms with Crippen molar-refractivity contribution in [3.63, 3.8) is 0 Å². The van der Waals surface area contributed by atoms with Crippen LogP contribution in [0.3, 0.4) is 0 Å². The van der Waals surface area contributed by atoms with E-state index >= 15 is 0 Å². The summed E-state index contributed by atoms with van der Waals surface area (Å²) in [6, 6.07) is 11.9. The first kappa shape index (κ1) is 13.6. The third-order valence-corrected chi connectivity index (χ3v) is 4.17. The smallest absolute Gasteiger partial charge is 0.140 e. The fourth-order valence-electron chi connectivity index (χ4n) is 2.79. The van der Waals surface area contributed by atoms with Crippen LogP contribution in [-0.2, 0) is 7.05 Å². The molecule has 0 bridgehead atoms. The van der Waals surface area contributed by atoms with Gasteiger partial charge in [-0.25, -0.2) is 9.97 Å². The van der Waals surface area contributed by atoms with Crippen LogP contribution in [-0.4, -0.2) is 18.9 Å². The number of fused-ring (bicyclic) bond motifs is 1. The average molecular weight is 303 g/mol. The SMILES string of the molecule is Cc1cnc(-c2ccn3c(-c4cccc(N)c4)cnc3c2)n1C. The molecule has 0 aliphatic carbocycles. The Morgan fingerprint density at radius 2 is 1.87 bits per heavy atom. The lowest BCUT2D eigenvalue weighted by atomic mass is 10.1. The van der Waals surface area contributed by atoms with Crippen LogP contribution in [0.25, 0.3) is 28.3 Å². The number of aromatic nitrogens is 4. The van der Waals surface area contributed by atoms with Crippen molar-refractivity contribution < 1.29 is 0 Å². The highest BCUT2D eigenvalue weighted by Crippen LogP contribution is 2.25. The Morgan fingerprint density at radius 3 is 2.61 bits per heavy atom. The van der Waals surface area contributed by atoms with Crippen molar-refractivity contribution >= 4 is 11.3 Å². The van der Waals surface area contributed by atoms with Crippen LogP contribution in [0.4, 0.5) is 5.69 Å². The molecular formula is C18H17N5. The Kier molecular flexibility index (Phi) is 2.94. The van der Waals surface area contributed by atoms with Crippen molar-refractivity contribution in [2.45, 2.75) is 6.92 Å². The van der Waals surface area contributed by atoms with E-state index in [2.05, 4.69) is 31.1 Å². The van der Waals surface area contributed by atoms with E-state index in [0.29, 0.717) is 0 Å². The highest BCUT2D eigenvalue weighted by atomic mass is 15.1. The lowest BCUT2D eigenvalue weighted by molar-refractivity contribution is 0.883. The number of nitrogen functional groups attached to an aromatic ring is 1. The van der Waals surface area contributed by atoms with E-state index in [1.165, 1.54) is 0 Å². The lowest BCUT2D eigenvalue weighted by Crippen LogP contribution is -1.96. The Labute approximate surface area is 134 Å². The minimum absolute atomic E-state index is 0.748. The molecule has 0 saturated heterocycles. The number of hydrogen-bond acceptors (Lipinski definition) is 3. The molecule has 0 spiro atoms. The largest absolute Gasteiger partial charge is 0.399 e. The number of anilines is 1. The molecule has 0 radical (unpaired) electrons. The van der Waals surface area contributed by atoms with Gasteiger partial charge in [-0.2, -0.15) is 0 Å². The van der Waals surface area contributed by atoms with Crippen LogP contribution in [0.1, 0.15) is 5.69 Å². The highest BCUT2D eigenvalue weighted by molar-refractivity contribution is 5.70. The number of benzene rings is 1. The van der Waals surface area contributed by atoms with Crippen LogP contribution in [0, 0.1) is 6.92 Å². The standard InChI is InChI=1S/C18H17N5/c1-12-10-21-18(22(12)2)14-6-7-23-16(11-20-17(23)9-14)13-4-3-5-15(19)8-13/h3-11H,19H2,1-2H3. The summed E-state index contributed by atoms with van der Waals surface area (Å²) >= 11 is 0. The summed E-state index contributed by atoms with van der Waals surface area (Å²) < 4.78 is 4.14. The summed E-state index contributed by atoms with van der Waals surface area (Å²) in [5.74, 6) is 0.943. The van der Waals surface area contributed by atoms with Gasteiger partial charge < -0.3 is 10.3 Å². The van der Waals surface area contributed by atoms with E-state index in [0.717, 1.165) is 39.7 Å². The summed E-state index contributed by atoms with van der Waals surface area (Å²) in [5.41, 5.74) is 11.8. The van der Waals surface area contributed by atoms with E-state index < -0.39 is 0 Å². The topological polar surface area (TPSA) is 61.1 Å². The molecule has 0 amide bonds. The van der Waals surface area contributed by atoms with Gasteiger partial charge in [0.25, 0.3) is 0 Å². The summed E-state index contributed by atoms with van der Waals surface area (Å²) in [4.78, 5) is 9.01. The van der Waals surface area contributed by atoms with Crippen LogP contribution in [0.5, 0.6) is 0 Å². The molecule has 0 fully saturated rings. The number of hydrogen-bond donors (Lipinski definition) is 1. The normalized spacial score (nSPS) is 11.2. The second-order valence-corrected chi connectivity index (χ2v) is 5.69. The van der Waals surface area contributed by atoms with Crippen LogP contribution in [0.15, 0.2) is 55.0 Å². The van der Waals surface area contributed by atoms with Crippen LogP contribution < -0.4 is 5.73 Å². The zero-order valence-corrected chi connectivity index (χ0v) is 13.1. The molecular weight excluding hydrogens is 286 g/mol. The number of imidazole rings is 2. The van der Waals surface area contributed by atoms with Gasteiger partial charge >= 0.3 is 0 Å².